The van der Waals surface area contributed by atoms with Gasteiger partial charge in [0.2, 0.25) is 0 Å². The monoisotopic (exact) mass is 333 g/mol. The quantitative estimate of drug-likeness (QED) is 0.750. The molecule has 6 nitrogen and oxygen atoms in total. The molecule has 0 saturated heterocycles. The zero-order valence-corrected chi connectivity index (χ0v) is 13.7. The fourth-order valence-electron chi connectivity index (χ4n) is 2.38. The number of H-pyrrole nitrogens is 1. The Labute approximate surface area is 129 Å². The second-order valence-electron chi connectivity index (χ2n) is 5.39. The second kappa shape index (κ2) is 6.36. The van der Waals surface area contributed by atoms with Crippen molar-refractivity contribution in [1.82, 2.24) is 15.5 Å². The van der Waals surface area contributed by atoms with Crippen LogP contribution in [0.3, 0.4) is 0 Å². The number of nitrogens with zero attached hydrogens (tertiary/aromatic N) is 1. The Kier molecular flexibility index (Phi) is 4.93. The second-order valence-corrected chi connectivity index (χ2v) is 7.90. The fourth-order valence-corrected chi connectivity index (χ4v) is 3.69. The molecule has 21 heavy (non-hydrogen) atoms. The van der Waals surface area contributed by atoms with E-state index in [1.165, 1.54) is 0 Å². The first kappa shape index (κ1) is 16.3. The van der Waals surface area contributed by atoms with Gasteiger partial charge in [-0.05, 0) is 25.7 Å². The number of aromatic nitrogens is 2. The Morgan fingerprint density at radius 2 is 2.14 bits per heavy atom. The van der Waals surface area contributed by atoms with E-state index in [1.807, 2.05) is 13.8 Å². The third-order valence-electron chi connectivity index (χ3n) is 3.66. The summed E-state index contributed by atoms with van der Waals surface area (Å²) in [7, 11) is 1.48. The highest BCUT2D eigenvalue weighted by Gasteiger charge is 2.36. The van der Waals surface area contributed by atoms with Crippen LogP contribution < -0.4 is 5.32 Å². The highest BCUT2D eigenvalue weighted by atomic mass is 35.7. The Morgan fingerprint density at radius 1 is 1.48 bits per heavy atom. The van der Waals surface area contributed by atoms with E-state index in [1.54, 1.807) is 0 Å². The van der Waals surface area contributed by atoms with Gasteiger partial charge in [-0.2, -0.15) is 5.10 Å². The number of hydrogen-bond donors (Lipinski definition) is 2. The van der Waals surface area contributed by atoms with Gasteiger partial charge in [0, 0.05) is 22.6 Å². The lowest BCUT2D eigenvalue weighted by molar-refractivity contribution is 0.0925. The van der Waals surface area contributed by atoms with E-state index in [0.29, 0.717) is 5.69 Å². The zero-order chi connectivity index (χ0) is 15.6. The standard InChI is InChI=1S/C13H20ClN3O3S/c1-3-5-9(4-2)15-13(18)11-12(21(14,19)20)10(16-17-11)8-6-7-8/h8-9H,3-7H2,1-2H3,(H,15,18)(H,16,17). The molecule has 118 valence electrons. The third-order valence-corrected chi connectivity index (χ3v) is 5.02. The third kappa shape index (κ3) is 3.77. The number of hydrogen-bond acceptors (Lipinski definition) is 4. The lowest BCUT2D eigenvalue weighted by Crippen LogP contribution is -2.35. The molecule has 1 heterocycles. The van der Waals surface area contributed by atoms with Crippen LogP contribution in [0.25, 0.3) is 0 Å². The molecule has 1 atom stereocenters. The van der Waals surface area contributed by atoms with E-state index in [-0.39, 0.29) is 22.5 Å². The molecule has 0 aromatic carbocycles. The fraction of sp³-hybridized carbons (Fsp3) is 0.692. The normalized spacial score (nSPS) is 16.7. The summed E-state index contributed by atoms with van der Waals surface area (Å²) >= 11 is 0. The van der Waals surface area contributed by atoms with Crippen molar-refractivity contribution in [1.29, 1.82) is 0 Å². The van der Waals surface area contributed by atoms with Gasteiger partial charge in [-0.3, -0.25) is 9.89 Å². The van der Waals surface area contributed by atoms with Gasteiger partial charge in [-0.15, -0.1) is 0 Å². The lowest BCUT2D eigenvalue weighted by Gasteiger charge is -2.15. The van der Waals surface area contributed by atoms with E-state index in [9.17, 15) is 13.2 Å². The first-order valence-corrected chi connectivity index (χ1v) is 9.53. The molecule has 0 radical (unpaired) electrons. The summed E-state index contributed by atoms with van der Waals surface area (Å²) in [5, 5.41) is 9.39. The highest BCUT2D eigenvalue weighted by Crippen LogP contribution is 2.43. The molecule has 1 aromatic rings. The van der Waals surface area contributed by atoms with Crippen molar-refractivity contribution < 1.29 is 13.2 Å². The minimum absolute atomic E-state index is 0.00875. The molecule has 1 saturated carbocycles. The van der Waals surface area contributed by atoms with Gasteiger partial charge in [0.05, 0.1) is 5.69 Å². The zero-order valence-electron chi connectivity index (χ0n) is 12.1. The molecule has 8 heteroatoms. The van der Waals surface area contributed by atoms with E-state index in [0.717, 1.165) is 32.1 Å². The minimum Gasteiger partial charge on any atom is -0.348 e. The number of halogens is 1. The lowest BCUT2D eigenvalue weighted by atomic mass is 10.1. The topological polar surface area (TPSA) is 91.9 Å². The van der Waals surface area contributed by atoms with Gasteiger partial charge in [0.25, 0.3) is 15.0 Å². The number of carbonyl (C=O) groups excluding carboxylic acids is 1. The van der Waals surface area contributed by atoms with Crippen molar-refractivity contribution in [3.63, 3.8) is 0 Å². The van der Waals surface area contributed by atoms with Gasteiger partial charge in [0.15, 0.2) is 5.69 Å². The van der Waals surface area contributed by atoms with Gasteiger partial charge in [-0.25, -0.2) is 8.42 Å². The maximum atomic E-state index is 12.3. The number of amides is 1. The van der Waals surface area contributed by atoms with Crippen LogP contribution in [-0.2, 0) is 9.05 Å². The van der Waals surface area contributed by atoms with Gasteiger partial charge in [0.1, 0.15) is 4.90 Å². The average Bonchev–Trinajstić information content (AvgIpc) is 3.14. The van der Waals surface area contributed by atoms with E-state index >= 15 is 0 Å². The molecule has 1 amide bonds. The van der Waals surface area contributed by atoms with Crippen LogP contribution in [0.4, 0.5) is 0 Å². The number of nitrogens with one attached hydrogen (secondary N) is 2. The Balaban J connectivity index is 2.29. The van der Waals surface area contributed by atoms with E-state index in [4.69, 9.17) is 10.7 Å². The van der Waals surface area contributed by atoms with Crippen LogP contribution in [0.5, 0.6) is 0 Å². The highest BCUT2D eigenvalue weighted by molar-refractivity contribution is 8.13. The summed E-state index contributed by atoms with van der Waals surface area (Å²) in [4.78, 5) is 12.1. The first-order chi connectivity index (χ1) is 9.88. The number of aromatic amines is 1. The predicted octanol–water partition coefficient (Wildman–Crippen LogP) is 2.52. The molecule has 1 aliphatic carbocycles. The van der Waals surface area contributed by atoms with Crippen molar-refractivity contribution in [2.75, 3.05) is 0 Å². The SMILES string of the molecule is CCCC(CC)NC(=O)c1n[nH]c(C2CC2)c1S(=O)(=O)Cl. The molecule has 1 aromatic heterocycles. The van der Waals surface area contributed by atoms with Crippen molar-refractivity contribution in [3.05, 3.63) is 11.4 Å². The van der Waals surface area contributed by atoms with Crippen LogP contribution in [-0.4, -0.2) is 30.6 Å². The summed E-state index contributed by atoms with van der Waals surface area (Å²) in [6.45, 7) is 4.00. The molecule has 1 fully saturated rings. The summed E-state index contributed by atoms with van der Waals surface area (Å²) < 4.78 is 23.6. The Morgan fingerprint density at radius 3 is 2.62 bits per heavy atom. The molecule has 0 bridgehead atoms. The molecule has 1 unspecified atom stereocenters. The minimum atomic E-state index is -4.01. The van der Waals surface area contributed by atoms with Crippen LogP contribution in [0, 0.1) is 0 Å². The molecular formula is C13H20ClN3O3S. The number of rotatable bonds is 7. The van der Waals surface area contributed by atoms with Gasteiger partial charge < -0.3 is 5.32 Å². The summed E-state index contributed by atoms with van der Waals surface area (Å²) in [6.07, 6.45) is 4.33. The molecule has 2 N–H and O–H groups in total. The van der Waals surface area contributed by atoms with E-state index < -0.39 is 15.0 Å². The molecular weight excluding hydrogens is 314 g/mol. The number of carbonyl (C=O) groups is 1. The molecule has 0 spiro atoms. The Bertz CT molecular complexity index is 623. The first-order valence-electron chi connectivity index (χ1n) is 7.22. The predicted molar refractivity (Wildman–Crippen MR) is 80.1 cm³/mol. The van der Waals surface area contributed by atoms with Crippen LogP contribution >= 0.6 is 10.7 Å². The largest absolute Gasteiger partial charge is 0.348 e. The molecule has 2 rings (SSSR count). The summed E-state index contributed by atoms with van der Waals surface area (Å²) in [5.74, 6) is -0.377. The molecule has 1 aliphatic rings. The van der Waals surface area contributed by atoms with Crippen molar-refractivity contribution in [3.8, 4) is 0 Å². The molecule has 0 aliphatic heterocycles. The van der Waals surface area contributed by atoms with Gasteiger partial charge >= 0.3 is 0 Å². The smallest absolute Gasteiger partial charge is 0.273 e. The summed E-state index contributed by atoms with van der Waals surface area (Å²) in [5.41, 5.74) is 0.333. The van der Waals surface area contributed by atoms with Crippen molar-refractivity contribution in [2.45, 2.75) is 62.8 Å². The summed E-state index contributed by atoms with van der Waals surface area (Å²) in [6, 6.07) is 0.00875. The van der Waals surface area contributed by atoms with Crippen molar-refractivity contribution >= 4 is 25.6 Å². The van der Waals surface area contributed by atoms with Crippen LogP contribution in [0.2, 0.25) is 0 Å². The van der Waals surface area contributed by atoms with E-state index in [2.05, 4.69) is 15.5 Å². The average molecular weight is 334 g/mol. The van der Waals surface area contributed by atoms with Crippen molar-refractivity contribution in [2.24, 2.45) is 0 Å². The maximum Gasteiger partial charge on any atom is 0.273 e. The maximum absolute atomic E-state index is 12.3. The van der Waals surface area contributed by atoms with Gasteiger partial charge in [-0.1, -0.05) is 20.3 Å². The Hall–Kier alpha value is -1.08. The van der Waals surface area contributed by atoms with Crippen LogP contribution in [0.1, 0.15) is 68.1 Å². The van der Waals surface area contributed by atoms with Crippen LogP contribution in [0.15, 0.2) is 4.90 Å².